The molecule has 1 aliphatic rings. The predicted octanol–water partition coefficient (Wildman–Crippen LogP) is 2.95. The topological polar surface area (TPSA) is 106 Å². The summed E-state index contributed by atoms with van der Waals surface area (Å²) in [6.45, 7) is 0.615. The van der Waals surface area contributed by atoms with Gasteiger partial charge < -0.3 is 5.73 Å². The van der Waals surface area contributed by atoms with E-state index in [1.54, 1.807) is 30.6 Å². The average Bonchev–Trinajstić information content (AvgIpc) is 2.79. The van der Waals surface area contributed by atoms with Crippen molar-refractivity contribution in [3.05, 3.63) is 78.0 Å². The number of nitrogens with two attached hydrogens (primary N) is 1. The summed E-state index contributed by atoms with van der Waals surface area (Å²) in [5, 5.41) is 0. The number of nitrogens with zero attached hydrogens (tertiary/aromatic N) is 3. The quantitative estimate of drug-likeness (QED) is 0.657. The zero-order valence-electron chi connectivity index (χ0n) is 16.6. The number of hydrogen-bond acceptors (Lipinski definition) is 5. The van der Waals surface area contributed by atoms with Gasteiger partial charge in [0.2, 0.25) is 15.9 Å². The van der Waals surface area contributed by atoms with Crippen molar-refractivity contribution in [3.63, 3.8) is 0 Å². The van der Waals surface area contributed by atoms with E-state index < -0.39 is 21.7 Å². The van der Waals surface area contributed by atoms with Crippen LogP contribution in [0.5, 0.6) is 0 Å². The maximum absolute atomic E-state index is 13.2. The van der Waals surface area contributed by atoms with Crippen LogP contribution in [0.3, 0.4) is 0 Å². The van der Waals surface area contributed by atoms with Crippen LogP contribution < -0.4 is 5.73 Å². The maximum Gasteiger partial charge on any atom is 0.248 e. The van der Waals surface area contributed by atoms with Crippen LogP contribution in [0.4, 0.5) is 4.39 Å². The zero-order valence-corrected chi connectivity index (χ0v) is 17.4. The van der Waals surface area contributed by atoms with E-state index in [1.807, 2.05) is 6.07 Å². The molecule has 2 heterocycles. The van der Waals surface area contributed by atoms with Crippen LogP contribution in [0.25, 0.3) is 11.3 Å². The molecule has 1 atom stereocenters. The van der Waals surface area contributed by atoms with E-state index in [2.05, 4.69) is 9.97 Å². The van der Waals surface area contributed by atoms with Crippen LogP contribution in [-0.4, -0.2) is 41.7 Å². The highest BCUT2D eigenvalue weighted by Crippen LogP contribution is 2.34. The predicted molar refractivity (Wildman–Crippen MR) is 113 cm³/mol. The Bertz CT molecular complexity index is 1220. The van der Waals surface area contributed by atoms with Gasteiger partial charge in [-0.05, 0) is 49.2 Å². The largest absolute Gasteiger partial charge is 0.366 e. The molecule has 160 valence electrons. The number of carbonyl (C=O) groups excluding carboxylic acids is 1. The van der Waals surface area contributed by atoms with Crippen molar-refractivity contribution in [2.24, 2.45) is 5.73 Å². The first-order valence-electron chi connectivity index (χ1n) is 9.83. The molecule has 9 heteroatoms. The molecule has 1 fully saturated rings. The summed E-state index contributed by atoms with van der Waals surface area (Å²) in [6.07, 6.45) is 4.54. The molecule has 31 heavy (non-hydrogen) atoms. The second-order valence-corrected chi connectivity index (χ2v) is 9.33. The highest BCUT2D eigenvalue weighted by Gasteiger charge is 2.32. The van der Waals surface area contributed by atoms with Crippen molar-refractivity contribution in [1.29, 1.82) is 0 Å². The van der Waals surface area contributed by atoms with Crippen molar-refractivity contribution >= 4 is 15.9 Å². The first-order chi connectivity index (χ1) is 14.9. The van der Waals surface area contributed by atoms with Gasteiger partial charge >= 0.3 is 0 Å². The number of rotatable bonds is 5. The van der Waals surface area contributed by atoms with Crippen LogP contribution in [0.15, 0.2) is 65.8 Å². The van der Waals surface area contributed by atoms with Crippen LogP contribution in [0.1, 0.15) is 34.8 Å². The summed E-state index contributed by atoms with van der Waals surface area (Å²) < 4.78 is 40.8. The van der Waals surface area contributed by atoms with E-state index in [-0.39, 0.29) is 17.4 Å². The van der Waals surface area contributed by atoms with Gasteiger partial charge in [-0.25, -0.2) is 12.8 Å². The third kappa shape index (κ3) is 4.33. The second-order valence-electron chi connectivity index (χ2n) is 7.39. The number of primary amides is 1. The molecule has 0 aliphatic carbocycles. The Morgan fingerprint density at radius 2 is 1.84 bits per heavy atom. The fraction of sp³-hybridized carbons (Fsp3) is 0.227. The fourth-order valence-corrected chi connectivity index (χ4v) is 5.35. The number of carbonyl (C=O) groups is 1. The molecule has 2 N–H and O–H groups in total. The molecule has 1 amide bonds. The number of sulfonamides is 1. The van der Waals surface area contributed by atoms with E-state index in [0.717, 1.165) is 18.6 Å². The van der Waals surface area contributed by atoms with Gasteiger partial charge in [0, 0.05) is 42.5 Å². The second kappa shape index (κ2) is 8.52. The molecule has 1 unspecified atom stereocenters. The first-order valence-corrected chi connectivity index (χ1v) is 11.3. The SMILES string of the molecule is NC(=O)c1cccc(-c2nccnc2C2CCCN(S(=O)(=O)c3ccc(F)cc3)C2)c1. The van der Waals surface area contributed by atoms with E-state index >= 15 is 0 Å². The Morgan fingerprint density at radius 1 is 1.10 bits per heavy atom. The summed E-state index contributed by atoms with van der Waals surface area (Å²) >= 11 is 0. The van der Waals surface area contributed by atoms with E-state index in [0.29, 0.717) is 35.5 Å². The Labute approximate surface area is 179 Å². The molecule has 2 aromatic carbocycles. The van der Waals surface area contributed by atoms with E-state index in [4.69, 9.17) is 5.73 Å². The molecule has 0 spiro atoms. The Kier molecular flexibility index (Phi) is 5.79. The van der Waals surface area contributed by atoms with Crippen LogP contribution in [0.2, 0.25) is 0 Å². The van der Waals surface area contributed by atoms with Gasteiger partial charge in [-0.2, -0.15) is 4.31 Å². The molecular weight excluding hydrogens is 419 g/mol. The minimum absolute atomic E-state index is 0.0584. The number of benzene rings is 2. The van der Waals surface area contributed by atoms with Crippen molar-refractivity contribution in [3.8, 4) is 11.3 Å². The summed E-state index contributed by atoms with van der Waals surface area (Å²) in [5.74, 6) is -1.20. The van der Waals surface area contributed by atoms with Gasteiger partial charge in [0.15, 0.2) is 0 Å². The van der Waals surface area contributed by atoms with Gasteiger partial charge in [0.25, 0.3) is 0 Å². The molecule has 1 saturated heterocycles. The smallest absolute Gasteiger partial charge is 0.248 e. The van der Waals surface area contributed by atoms with Gasteiger partial charge in [0.05, 0.1) is 16.3 Å². The normalized spacial score (nSPS) is 17.4. The van der Waals surface area contributed by atoms with Crippen LogP contribution in [0, 0.1) is 5.82 Å². The zero-order chi connectivity index (χ0) is 22.0. The number of piperidine rings is 1. The molecule has 0 saturated carbocycles. The van der Waals surface area contributed by atoms with Gasteiger partial charge in [-0.1, -0.05) is 12.1 Å². The standard InChI is InChI=1S/C22H21FN4O3S/c23-18-6-8-19(9-7-18)31(29,30)27-12-2-5-17(14-27)21-20(25-10-11-26-21)15-3-1-4-16(13-15)22(24)28/h1,3-4,6-11,13,17H,2,5,12,14H2,(H2,24,28). The lowest BCUT2D eigenvalue weighted by Crippen LogP contribution is -2.39. The first kappa shape index (κ1) is 21.1. The maximum atomic E-state index is 13.2. The van der Waals surface area contributed by atoms with Crippen LogP contribution in [-0.2, 0) is 10.0 Å². The summed E-state index contributed by atoms with van der Waals surface area (Å²) in [4.78, 5) is 20.6. The number of aromatic nitrogens is 2. The lowest BCUT2D eigenvalue weighted by atomic mass is 9.92. The fourth-order valence-electron chi connectivity index (χ4n) is 3.83. The third-order valence-corrected chi connectivity index (χ3v) is 7.25. The molecular formula is C22H21FN4O3S. The lowest BCUT2D eigenvalue weighted by Gasteiger charge is -2.32. The third-order valence-electron chi connectivity index (χ3n) is 5.37. The average molecular weight is 441 g/mol. The minimum Gasteiger partial charge on any atom is -0.366 e. The lowest BCUT2D eigenvalue weighted by molar-refractivity contribution is 0.100. The monoisotopic (exact) mass is 440 g/mol. The number of halogens is 1. The Morgan fingerprint density at radius 3 is 2.58 bits per heavy atom. The van der Waals surface area contributed by atoms with Gasteiger partial charge in [-0.15, -0.1) is 0 Å². The van der Waals surface area contributed by atoms with Gasteiger partial charge in [-0.3, -0.25) is 14.8 Å². The number of amides is 1. The summed E-state index contributed by atoms with van der Waals surface area (Å²) in [7, 11) is -3.76. The molecule has 7 nitrogen and oxygen atoms in total. The minimum atomic E-state index is -3.76. The summed E-state index contributed by atoms with van der Waals surface area (Å²) in [6, 6.07) is 11.7. The summed E-state index contributed by atoms with van der Waals surface area (Å²) in [5.41, 5.74) is 7.72. The molecule has 0 radical (unpaired) electrons. The molecule has 1 aromatic heterocycles. The Hall–Kier alpha value is -3.17. The highest BCUT2D eigenvalue weighted by molar-refractivity contribution is 7.89. The molecule has 3 aromatic rings. The van der Waals surface area contributed by atoms with Crippen molar-refractivity contribution in [1.82, 2.24) is 14.3 Å². The van der Waals surface area contributed by atoms with E-state index in [9.17, 15) is 17.6 Å². The highest BCUT2D eigenvalue weighted by atomic mass is 32.2. The van der Waals surface area contributed by atoms with Gasteiger partial charge in [0.1, 0.15) is 5.82 Å². The molecule has 0 bridgehead atoms. The van der Waals surface area contributed by atoms with Crippen molar-refractivity contribution in [2.75, 3.05) is 13.1 Å². The number of hydrogen-bond donors (Lipinski definition) is 1. The van der Waals surface area contributed by atoms with Crippen LogP contribution >= 0.6 is 0 Å². The van der Waals surface area contributed by atoms with Crippen molar-refractivity contribution < 1.29 is 17.6 Å². The molecule has 1 aliphatic heterocycles. The molecule has 4 rings (SSSR count). The van der Waals surface area contributed by atoms with Crippen molar-refractivity contribution in [2.45, 2.75) is 23.7 Å². The van der Waals surface area contributed by atoms with E-state index in [1.165, 1.54) is 16.4 Å². The Balaban J connectivity index is 1.66.